The molecule has 9 heteroatoms. The summed E-state index contributed by atoms with van der Waals surface area (Å²) in [6.07, 6.45) is 8.43. The molecule has 1 aliphatic heterocycles. The van der Waals surface area contributed by atoms with E-state index in [-0.39, 0.29) is 11.3 Å². The fraction of sp³-hybridized carbons (Fsp3) is 0.444. The highest BCUT2D eigenvalue weighted by Crippen LogP contribution is 2.34. The first-order valence-corrected chi connectivity index (χ1v) is 12.7. The summed E-state index contributed by atoms with van der Waals surface area (Å²) in [4.78, 5) is 13.4. The Hall–Kier alpha value is -3.59. The number of hydrogen-bond donors (Lipinski definition) is 3. The van der Waals surface area contributed by atoms with E-state index in [2.05, 4.69) is 42.1 Å². The molecule has 5 rings (SSSR count). The lowest BCUT2D eigenvalue weighted by Crippen LogP contribution is -2.36. The Morgan fingerprint density at radius 2 is 1.89 bits per heavy atom. The Morgan fingerprint density at radius 1 is 1.14 bits per heavy atom. The van der Waals surface area contributed by atoms with Crippen LogP contribution in [0.5, 0.6) is 0 Å². The average Bonchev–Trinajstić information content (AvgIpc) is 3.62. The summed E-state index contributed by atoms with van der Waals surface area (Å²) >= 11 is 0. The van der Waals surface area contributed by atoms with Gasteiger partial charge in [-0.2, -0.15) is 10.2 Å². The molecule has 0 unspecified atom stereocenters. The van der Waals surface area contributed by atoms with Crippen LogP contribution in [0.25, 0.3) is 5.70 Å². The predicted molar refractivity (Wildman–Crippen MR) is 142 cm³/mol. The van der Waals surface area contributed by atoms with Gasteiger partial charge in [0.1, 0.15) is 5.82 Å². The van der Waals surface area contributed by atoms with E-state index < -0.39 is 0 Å². The Morgan fingerprint density at radius 3 is 2.56 bits per heavy atom. The lowest BCUT2D eigenvalue weighted by molar-refractivity contribution is 0.102. The summed E-state index contributed by atoms with van der Waals surface area (Å²) in [5.74, 6) is 0.629. The van der Waals surface area contributed by atoms with Gasteiger partial charge in [-0.3, -0.25) is 14.5 Å². The van der Waals surface area contributed by atoms with E-state index in [9.17, 15) is 4.79 Å². The van der Waals surface area contributed by atoms with Crippen molar-refractivity contribution < 1.29 is 4.79 Å². The van der Waals surface area contributed by atoms with Crippen LogP contribution in [0.15, 0.2) is 36.7 Å². The molecule has 0 radical (unpaired) electrons. The van der Waals surface area contributed by atoms with E-state index in [1.807, 2.05) is 71.9 Å². The van der Waals surface area contributed by atoms with Crippen molar-refractivity contribution in [1.82, 2.24) is 30.5 Å². The number of rotatable bonds is 5. The third-order valence-corrected chi connectivity index (χ3v) is 7.24. The van der Waals surface area contributed by atoms with Crippen LogP contribution in [0.1, 0.15) is 85.4 Å². The molecule has 0 spiro atoms. The molecule has 0 saturated heterocycles. The van der Waals surface area contributed by atoms with Crippen LogP contribution in [0.2, 0.25) is 0 Å². The van der Waals surface area contributed by atoms with Gasteiger partial charge in [-0.25, -0.2) is 4.68 Å². The number of hydrogen-bond acceptors (Lipinski definition) is 6. The maximum absolute atomic E-state index is 13.4. The van der Waals surface area contributed by atoms with Gasteiger partial charge in [0, 0.05) is 41.5 Å². The van der Waals surface area contributed by atoms with Gasteiger partial charge in [-0.15, -0.1) is 5.53 Å². The van der Waals surface area contributed by atoms with Gasteiger partial charge < -0.3 is 10.7 Å². The lowest BCUT2D eigenvalue weighted by atomic mass is 9.92. The number of anilines is 2. The number of aryl methyl sites for hydroxylation is 2. The Kier molecular flexibility index (Phi) is 6.12. The van der Waals surface area contributed by atoms with Crippen molar-refractivity contribution >= 4 is 23.1 Å². The largest absolute Gasteiger partial charge is 0.307 e. The van der Waals surface area contributed by atoms with Gasteiger partial charge in [0.05, 0.1) is 29.3 Å². The third kappa shape index (κ3) is 4.51. The van der Waals surface area contributed by atoms with Crippen LogP contribution >= 0.6 is 0 Å². The quantitative estimate of drug-likeness (QED) is 0.481. The van der Waals surface area contributed by atoms with E-state index in [1.54, 1.807) is 0 Å². The number of benzene rings is 1. The van der Waals surface area contributed by atoms with E-state index in [1.165, 1.54) is 12.8 Å². The van der Waals surface area contributed by atoms with Gasteiger partial charge in [-0.05, 0) is 44.4 Å². The second-order valence-corrected chi connectivity index (χ2v) is 10.9. The lowest BCUT2D eigenvalue weighted by Gasteiger charge is -2.19. The van der Waals surface area contributed by atoms with Crippen LogP contribution in [-0.2, 0) is 12.5 Å². The molecule has 0 bridgehead atoms. The van der Waals surface area contributed by atoms with Crippen molar-refractivity contribution in [1.29, 1.82) is 0 Å². The van der Waals surface area contributed by atoms with Crippen molar-refractivity contribution in [2.24, 2.45) is 7.05 Å². The van der Waals surface area contributed by atoms with Crippen molar-refractivity contribution in [3.05, 3.63) is 64.7 Å². The number of carbonyl (C=O) groups is 1. The molecule has 1 saturated carbocycles. The van der Waals surface area contributed by atoms with Crippen molar-refractivity contribution in [3.8, 4) is 0 Å². The molecule has 3 heterocycles. The molecular formula is C27H36N8O. The minimum atomic E-state index is -0.143. The van der Waals surface area contributed by atoms with E-state index >= 15 is 0 Å². The SMILES string of the molecule is Cc1ccc(C(=O)Nc2cc(C(C)(C)C)nn2C2CCCC2)cc1N1C=C(c2cnn(C)c2C)NN1. The first-order valence-electron chi connectivity index (χ1n) is 12.7. The number of aromatic nitrogens is 4. The first kappa shape index (κ1) is 24.1. The molecule has 36 heavy (non-hydrogen) atoms. The Balaban J connectivity index is 1.41. The number of carbonyl (C=O) groups excluding carboxylic acids is 1. The van der Waals surface area contributed by atoms with Gasteiger partial charge >= 0.3 is 0 Å². The van der Waals surface area contributed by atoms with Crippen LogP contribution in [-0.4, -0.2) is 25.5 Å². The van der Waals surface area contributed by atoms with E-state index in [0.717, 1.165) is 52.6 Å². The van der Waals surface area contributed by atoms with Crippen molar-refractivity contribution in [2.45, 2.75) is 71.8 Å². The van der Waals surface area contributed by atoms with Crippen LogP contribution < -0.4 is 21.3 Å². The number of nitrogens with one attached hydrogen (secondary N) is 3. The molecule has 9 nitrogen and oxygen atoms in total. The predicted octanol–water partition coefficient (Wildman–Crippen LogP) is 4.73. The summed E-state index contributed by atoms with van der Waals surface area (Å²) < 4.78 is 3.88. The highest BCUT2D eigenvalue weighted by atomic mass is 16.1. The topological polar surface area (TPSA) is 92.0 Å². The Bertz CT molecular complexity index is 1320. The molecule has 2 aromatic heterocycles. The maximum Gasteiger partial charge on any atom is 0.256 e. The van der Waals surface area contributed by atoms with Crippen LogP contribution in [0, 0.1) is 13.8 Å². The minimum absolute atomic E-state index is 0.0918. The highest BCUT2D eigenvalue weighted by Gasteiger charge is 2.27. The summed E-state index contributed by atoms with van der Waals surface area (Å²) in [5, 5.41) is 14.3. The third-order valence-electron chi connectivity index (χ3n) is 7.24. The van der Waals surface area contributed by atoms with Gasteiger partial charge in [0.25, 0.3) is 5.91 Å². The molecule has 190 valence electrons. The number of nitrogens with zero attached hydrogens (tertiary/aromatic N) is 5. The number of amides is 1. The van der Waals surface area contributed by atoms with Gasteiger partial charge in [-0.1, -0.05) is 39.7 Å². The summed E-state index contributed by atoms with van der Waals surface area (Å²) in [6.45, 7) is 10.5. The van der Waals surface area contributed by atoms with Crippen molar-refractivity contribution in [2.75, 3.05) is 10.3 Å². The second-order valence-electron chi connectivity index (χ2n) is 10.9. The molecule has 1 aromatic carbocycles. The average molecular weight is 489 g/mol. The normalized spacial score (nSPS) is 16.4. The molecule has 2 aliphatic rings. The zero-order valence-corrected chi connectivity index (χ0v) is 22.0. The summed E-state index contributed by atoms with van der Waals surface area (Å²) in [7, 11) is 1.93. The van der Waals surface area contributed by atoms with Gasteiger partial charge in [0.15, 0.2) is 0 Å². The molecule has 3 N–H and O–H groups in total. The number of hydrazine groups is 2. The molecule has 1 fully saturated rings. The van der Waals surface area contributed by atoms with Crippen LogP contribution in [0.4, 0.5) is 11.5 Å². The Labute approximate surface area is 212 Å². The zero-order valence-electron chi connectivity index (χ0n) is 22.0. The van der Waals surface area contributed by atoms with Gasteiger partial charge in [0.2, 0.25) is 0 Å². The molecule has 0 atom stereocenters. The second kappa shape index (κ2) is 9.13. The van der Waals surface area contributed by atoms with E-state index in [4.69, 9.17) is 5.10 Å². The fourth-order valence-corrected chi connectivity index (χ4v) is 4.82. The molecular weight excluding hydrogens is 452 g/mol. The summed E-state index contributed by atoms with van der Waals surface area (Å²) in [5.41, 5.74) is 12.8. The zero-order chi connectivity index (χ0) is 25.6. The fourth-order valence-electron chi connectivity index (χ4n) is 4.82. The maximum atomic E-state index is 13.4. The molecule has 1 amide bonds. The highest BCUT2D eigenvalue weighted by molar-refractivity contribution is 6.04. The minimum Gasteiger partial charge on any atom is -0.307 e. The van der Waals surface area contributed by atoms with Crippen LogP contribution in [0.3, 0.4) is 0 Å². The monoisotopic (exact) mass is 488 g/mol. The standard InChI is InChI=1S/C27H36N8O/c1-17-11-12-19(13-23(17)34-16-22(30-32-34)21-15-28-33(6)18(21)2)26(36)29-25-14-24(27(3,4)5)31-35(25)20-9-7-8-10-20/h11-16,20,30,32H,7-10H2,1-6H3,(H,29,36). The van der Waals surface area contributed by atoms with Crippen molar-refractivity contribution in [3.63, 3.8) is 0 Å². The smallest absolute Gasteiger partial charge is 0.256 e. The van der Waals surface area contributed by atoms with E-state index in [0.29, 0.717) is 11.6 Å². The first-order chi connectivity index (χ1) is 17.1. The molecule has 3 aromatic rings. The summed E-state index contributed by atoms with van der Waals surface area (Å²) in [6, 6.07) is 8.12. The molecule has 1 aliphatic carbocycles.